The second kappa shape index (κ2) is 7.28. The fourth-order valence-corrected chi connectivity index (χ4v) is 2.63. The minimum Gasteiger partial charge on any atom is -0.344 e. The number of hydrogen-bond acceptors (Lipinski definition) is 5. The second-order valence-corrected chi connectivity index (χ2v) is 6.14. The van der Waals surface area contributed by atoms with Crippen molar-refractivity contribution in [2.24, 2.45) is 5.18 Å². The van der Waals surface area contributed by atoms with Crippen LogP contribution in [0.25, 0.3) is 11.2 Å². The number of benzene rings is 1. The molecule has 0 bridgehead atoms. The molecule has 2 aromatic heterocycles. The molecule has 1 N–H and O–H groups in total. The fraction of sp³-hybridized carbons (Fsp3) is 0.158. The molecule has 1 aromatic carbocycles. The van der Waals surface area contributed by atoms with E-state index in [4.69, 9.17) is 0 Å². The van der Waals surface area contributed by atoms with E-state index in [0.717, 1.165) is 11.1 Å². The number of nitroso groups, excluding NO2 is 1. The summed E-state index contributed by atoms with van der Waals surface area (Å²) in [5, 5.41) is 5.30. The van der Waals surface area contributed by atoms with Crippen molar-refractivity contribution in [3.8, 4) is 0 Å². The van der Waals surface area contributed by atoms with Crippen molar-refractivity contribution < 1.29 is 9.59 Å². The largest absolute Gasteiger partial charge is 0.344 e. The SMILES string of the molecule is C=C(C)c1cc(C(=O)N[C@@H](C)c2ccc(C(=O)N=O)cc2)n2cncc2n1. The number of nitrogens with zero attached hydrogens (tertiary/aromatic N) is 4. The molecule has 136 valence electrons. The van der Waals surface area contributed by atoms with E-state index in [-0.39, 0.29) is 17.5 Å². The van der Waals surface area contributed by atoms with Crippen molar-refractivity contribution in [1.82, 2.24) is 19.7 Å². The number of rotatable bonds is 5. The van der Waals surface area contributed by atoms with Gasteiger partial charge in [-0.1, -0.05) is 18.7 Å². The van der Waals surface area contributed by atoms with Crippen molar-refractivity contribution in [3.63, 3.8) is 0 Å². The molecular weight excluding hydrogens is 346 g/mol. The average molecular weight is 363 g/mol. The van der Waals surface area contributed by atoms with Gasteiger partial charge < -0.3 is 5.32 Å². The number of allylic oxidation sites excluding steroid dienone is 1. The van der Waals surface area contributed by atoms with Crippen LogP contribution in [0.2, 0.25) is 0 Å². The van der Waals surface area contributed by atoms with Gasteiger partial charge in [0.15, 0.2) is 5.65 Å². The Morgan fingerprint density at radius 2 is 1.96 bits per heavy atom. The van der Waals surface area contributed by atoms with Crippen molar-refractivity contribution in [3.05, 3.63) is 76.9 Å². The smallest absolute Gasteiger partial charge is 0.316 e. The quantitative estimate of drug-likeness (QED) is 0.701. The molecule has 2 heterocycles. The summed E-state index contributed by atoms with van der Waals surface area (Å²) in [6.45, 7) is 7.51. The third-order valence-electron chi connectivity index (χ3n) is 4.14. The summed E-state index contributed by atoms with van der Waals surface area (Å²) < 4.78 is 1.60. The van der Waals surface area contributed by atoms with Gasteiger partial charge in [0, 0.05) is 10.7 Å². The molecular formula is C19H17N5O3. The number of carbonyl (C=O) groups excluding carboxylic acids is 2. The van der Waals surface area contributed by atoms with Gasteiger partial charge in [0.25, 0.3) is 5.91 Å². The van der Waals surface area contributed by atoms with Crippen LogP contribution in [0.1, 0.15) is 52.0 Å². The van der Waals surface area contributed by atoms with Gasteiger partial charge in [-0.05, 0) is 43.2 Å². The Kier molecular flexibility index (Phi) is 4.89. The first kappa shape index (κ1) is 18.1. The average Bonchev–Trinajstić information content (AvgIpc) is 3.15. The van der Waals surface area contributed by atoms with Crippen molar-refractivity contribution in [1.29, 1.82) is 0 Å². The van der Waals surface area contributed by atoms with Crippen LogP contribution in [-0.4, -0.2) is 26.2 Å². The number of carbonyl (C=O) groups is 2. The molecule has 8 nitrogen and oxygen atoms in total. The van der Waals surface area contributed by atoms with Crippen LogP contribution in [-0.2, 0) is 0 Å². The van der Waals surface area contributed by atoms with E-state index in [1.165, 1.54) is 18.5 Å². The molecule has 3 aromatic rings. The van der Waals surface area contributed by atoms with Gasteiger partial charge >= 0.3 is 5.91 Å². The number of fused-ring (bicyclic) bond motifs is 1. The van der Waals surface area contributed by atoms with Crippen molar-refractivity contribution >= 4 is 23.0 Å². The Hall–Kier alpha value is -3.68. The molecule has 0 radical (unpaired) electrons. The number of nitrogens with one attached hydrogen (secondary N) is 1. The van der Waals surface area contributed by atoms with Crippen LogP contribution in [0, 0.1) is 4.91 Å². The molecule has 0 unspecified atom stereocenters. The number of aromatic nitrogens is 3. The Morgan fingerprint density at radius 3 is 2.59 bits per heavy atom. The highest BCUT2D eigenvalue weighted by Crippen LogP contribution is 2.17. The lowest BCUT2D eigenvalue weighted by atomic mass is 10.1. The maximum atomic E-state index is 12.8. The van der Waals surface area contributed by atoms with E-state index in [0.29, 0.717) is 17.0 Å². The molecule has 0 aliphatic rings. The topological polar surface area (TPSA) is 106 Å². The molecule has 0 aliphatic carbocycles. The Morgan fingerprint density at radius 1 is 1.26 bits per heavy atom. The lowest BCUT2D eigenvalue weighted by Crippen LogP contribution is -2.28. The van der Waals surface area contributed by atoms with Gasteiger partial charge in [-0.25, -0.2) is 9.97 Å². The van der Waals surface area contributed by atoms with Crippen LogP contribution in [0.5, 0.6) is 0 Å². The van der Waals surface area contributed by atoms with E-state index in [1.807, 2.05) is 13.8 Å². The van der Waals surface area contributed by atoms with Gasteiger partial charge in [-0.3, -0.25) is 14.0 Å². The van der Waals surface area contributed by atoms with Crippen LogP contribution < -0.4 is 5.32 Å². The molecule has 0 saturated carbocycles. The maximum absolute atomic E-state index is 12.8. The highest BCUT2D eigenvalue weighted by atomic mass is 16.3. The molecule has 0 aliphatic heterocycles. The predicted molar refractivity (Wildman–Crippen MR) is 100 cm³/mol. The monoisotopic (exact) mass is 363 g/mol. The van der Waals surface area contributed by atoms with Gasteiger partial charge in [0.2, 0.25) is 0 Å². The third-order valence-corrected chi connectivity index (χ3v) is 4.14. The zero-order valence-electron chi connectivity index (χ0n) is 14.8. The minimum absolute atomic E-state index is 0.202. The highest BCUT2D eigenvalue weighted by molar-refractivity contribution is 5.95. The van der Waals surface area contributed by atoms with E-state index in [9.17, 15) is 14.5 Å². The van der Waals surface area contributed by atoms with E-state index < -0.39 is 5.91 Å². The normalized spacial score (nSPS) is 11.8. The third kappa shape index (κ3) is 3.64. The first-order valence-corrected chi connectivity index (χ1v) is 8.18. The summed E-state index contributed by atoms with van der Waals surface area (Å²) in [5.74, 6) is -1.13. The van der Waals surface area contributed by atoms with Crippen LogP contribution in [0.3, 0.4) is 0 Å². The summed E-state index contributed by atoms with van der Waals surface area (Å²) >= 11 is 0. The van der Waals surface area contributed by atoms with Gasteiger partial charge in [-0.15, -0.1) is 4.91 Å². The van der Waals surface area contributed by atoms with E-state index in [2.05, 4.69) is 27.0 Å². The molecule has 3 rings (SSSR count). The number of amides is 2. The first-order chi connectivity index (χ1) is 12.9. The van der Waals surface area contributed by atoms with Crippen molar-refractivity contribution in [2.75, 3.05) is 0 Å². The Balaban J connectivity index is 1.85. The standard InChI is InChI=1S/C19H17N5O3/c1-11(2)15-8-16(24-10-20-9-17(24)22-15)19(26)21-12(3)13-4-6-14(7-5-13)18(25)23-27/h4-10,12H,1H2,2-3H3,(H,21,26)/t12-/m0/s1. The maximum Gasteiger partial charge on any atom is 0.316 e. The predicted octanol–water partition coefficient (Wildman–Crippen LogP) is 3.16. The summed E-state index contributed by atoms with van der Waals surface area (Å²) in [6, 6.07) is 7.68. The van der Waals surface area contributed by atoms with Gasteiger partial charge in [-0.2, -0.15) is 0 Å². The molecule has 0 spiro atoms. The summed E-state index contributed by atoms with van der Waals surface area (Å²) in [7, 11) is 0. The fourth-order valence-electron chi connectivity index (χ4n) is 2.63. The molecule has 0 fully saturated rings. The van der Waals surface area contributed by atoms with Gasteiger partial charge in [0.1, 0.15) is 12.0 Å². The molecule has 27 heavy (non-hydrogen) atoms. The summed E-state index contributed by atoms with van der Waals surface area (Å²) in [4.78, 5) is 42.8. The first-order valence-electron chi connectivity index (χ1n) is 8.18. The molecule has 8 heteroatoms. The molecule has 1 atom stereocenters. The van der Waals surface area contributed by atoms with Crippen LogP contribution >= 0.6 is 0 Å². The van der Waals surface area contributed by atoms with Crippen molar-refractivity contribution in [2.45, 2.75) is 19.9 Å². The Bertz CT molecular complexity index is 1050. The van der Waals surface area contributed by atoms with Crippen LogP contribution in [0.4, 0.5) is 0 Å². The zero-order chi connectivity index (χ0) is 19.6. The lowest BCUT2D eigenvalue weighted by Gasteiger charge is -2.16. The van der Waals surface area contributed by atoms with E-state index in [1.54, 1.807) is 28.8 Å². The second-order valence-electron chi connectivity index (χ2n) is 6.14. The number of imidazole rings is 1. The summed E-state index contributed by atoms with van der Waals surface area (Å²) in [5.41, 5.74) is 3.28. The highest BCUT2D eigenvalue weighted by Gasteiger charge is 2.17. The Labute approximate surface area is 154 Å². The number of hydrogen-bond donors (Lipinski definition) is 1. The molecule has 0 saturated heterocycles. The minimum atomic E-state index is -0.829. The summed E-state index contributed by atoms with van der Waals surface area (Å²) in [6.07, 6.45) is 3.10. The molecule has 2 amide bonds. The van der Waals surface area contributed by atoms with E-state index >= 15 is 0 Å². The lowest BCUT2D eigenvalue weighted by molar-refractivity contribution is 0.0932. The van der Waals surface area contributed by atoms with Gasteiger partial charge in [0.05, 0.1) is 17.9 Å². The zero-order valence-corrected chi connectivity index (χ0v) is 14.8. The van der Waals surface area contributed by atoms with Crippen LogP contribution in [0.15, 0.2) is 54.6 Å².